The molecule has 2 nitrogen and oxygen atoms in total. The van der Waals surface area contributed by atoms with Crippen LogP contribution in [0.5, 0.6) is 0 Å². The summed E-state index contributed by atoms with van der Waals surface area (Å²) >= 11 is 0. The second-order valence-corrected chi connectivity index (χ2v) is 5.76. The first-order valence-electron chi connectivity index (χ1n) is 7.04. The molecule has 18 heavy (non-hydrogen) atoms. The first-order chi connectivity index (χ1) is 8.50. The Morgan fingerprint density at radius 1 is 1.17 bits per heavy atom. The minimum Gasteiger partial charge on any atom is -0.399 e. The van der Waals surface area contributed by atoms with E-state index in [1.165, 1.54) is 18.4 Å². The number of para-hydroxylation sites is 1. The molecule has 0 saturated carbocycles. The van der Waals surface area contributed by atoms with Gasteiger partial charge in [0, 0.05) is 11.7 Å². The maximum atomic E-state index is 5.95. The number of nitrogen functional groups attached to an aromatic ring is 1. The molecule has 0 heterocycles. The fraction of sp³-hybridized carbons (Fsp3) is 0.625. The summed E-state index contributed by atoms with van der Waals surface area (Å²) in [5.41, 5.74) is 8.16. The van der Waals surface area contributed by atoms with E-state index in [9.17, 15) is 0 Å². The largest absolute Gasteiger partial charge is 0.399 e. The van der Waals surface area contributed by atoms with E-state index in [4.69, 9.17) is 5.73 Å². The van der Waals surface area contributed by atoms with Crippen LogP contribution < -0.4 is 5.73 Å². The van der Waals surface area contributed by atoms with Gasteiger partial charge in [0.2, 0.25) is 0 Å². The monoisotopic (exact) mass is 248 g/mol. The maximum absolute atomic E-state index is 5.95. The maximum Gasteiger partial charge on any atom is 0.0346 e. The second kappa shape index (κ2) is 7.42. The lowest BCUT2D eigenvalue weighted by Crippen LogP contribution is -2.31. The van der Waals surface area contributed by atoms with Crippen LogP contribution in [-0.2, 0) is 6.42 Å². The van der Waals surface area contributed by atoms with Crippen LogP contribution in [-0.4, -0.2) is 24.5 Å². The molecule has 0 aliphatic carbocycles. The zero-order valence-corrected chi connectivity index (χ0v) is 12.3. The number of benzene rings is 1. The minimum absolute atomic E-state index is 0.665. The number of nitrogens with zero attached hydrogens (tertiary/aromatic N) is 1. The van der Waals surface area contributed by atoms with E-state index in [-0.39, 0.29) is 0 Å². The molecule has 102 valence electrons. The third kappa shape index (κ3) is 5.09. The van der Waals surface area contributed by atoms with Crippen molar-refractivity contribution in [3.05, 3.63) is 29.8 Å². The highest BCUT2D eigenvalue weighted by Crippen LogP contribution is 2.14. The summed E-state index contributed by atoms with van der Waals surface area (Å²) in [4.78, 5) is 2.46. The van der Waals surface area contributed by atoms with E-state index in [1.54, 1.807) is 0 Å². The number of anilines is 1. The van der Waals surface area contributed by atoms with Crippen molar-refractivity contribution in [2.45, 2.75) is 46.1 Å². The Morgan fingerprint density at radius 3 is 2.44 bits per heavy atom. The minimum atomic E-state index is 0.665. The SMILES string of the molecule is CC(C)CC(C)N(C)CCCc1ccccc1N. The van der Waals surface area contributed by atoms with Crippen molar-refractivity contribution >= 4 is 5.69 Å². The molecule has 0 saturated heterocycles. The van der Waals surface area contributed by atoms with Crippen molar-refractivity contribution in [1.29, 1.82) is 0 Å². The molecule has 0 aliphatic rings. The van der Waals surface area contributed by atoms with Gasteiger partial charge in [-0.05, 0) is 57.3 Å². The fourth-order valence-electron chi connectivity index (χ4n) is 2.36. The van der Waals surface area contributed by atoms with Crippen LogP contribution in [0.3, 0.4) is 0 Å². The molecule has 0 radical (unpaired) electrons. The molecule has 1 unspecified atom stereocenters. The molecule has 1 aromatic carbocycles. The summed E-state index contributed by atoms with van der Waals surface area (Å²) in [7, 11) is 2.22. The van der Waals surface area contributed by atoms with Gasteiger partial charge in [-0.2, -0.15) is 0 Å². The highest BCUT2D eigenvalue weighted by atomic mass is 15.1. The highest BCUT2D eigenvalue weighted by molar-refractivity contribution is 5.46. The average molecular weight is 248 g/mol. The van der Waals surface area contributed by atoms with E-state index in [1.807, 2.05) is 12.1 Å². The Kier molecular flexibility index (Phi) is 6.20. The lowest BCUT2D eigenvalue weighted by Gasteiger charge is -2.26. The van der Waals surface area contributed by atoms with E-state index in [0.29, 0.717) is 6.04 Å². The summed E-state index contributed by atoms with van der Waals surface area (Å²) in [5, 5.41) is 0. The van der Waals surface area contributed by atoms with Gasteiger partial charge in [-0.15, -0.1) is 0 Å². The molecule has 1 rings (SSSR count). The molecule has 0 amide bonds. The summed E-state index contributed by atoms with van der Waals surface area (Å²) in [5.74, 6) is 0.771. The van der Waals surface area contributed by atoms with Crippen molar-refractivity contribution in [3.8, 4) is 0 Å². The van der Waals surface area contributed by atoms with Crippen LogP contribution >= 0.6 is 0 Å². The van der Waals surface area contributed by atoms with Crippen molar-refractivity contribution in [2.24, 2.45) is 5.92 Å². The lowest BCUT2D eigenvalue weighted by atomic mass is 10.0. The van der Waals surface area contributed by atoms with Crippen molar-refractivity contribution in [1.82, 2.24) is 4.90 Å². The molecule has 1 aromatic rings. The van der Waals surface area contributed by atoms with Gasteiger partial charge < -0.3 is 10.6 Å². The molecule has 0 aromatic heterocycles. The third-order valence-electron chi connectivity index (χ3n) is 3.58. The van der Waals surface area contributed by atoms with E-state index in [2.05, 4.69) is 44.9 Å². The number of rotatable bonds is 7. The van der Waals surface area contributed by atoms with Gasteiger partial charge in [-0.3, -0.25) is 0 Å². The standard InChI is InChI=1S/C16H28N2/c1-13(2)12-14(3)18(4)11-7-9-15-8-5-6-10-16(15)17/h5-6,8,10,13-14H,7,9,11-12,17H2,1-4H3. The van der Waals surface area contributed by atoms with Gasteiger partial charge >= 0.3 is 0 Å². The molecule has 1 atom stereocenters. The van der Waals surface area contributed by atoms with Gasteiger partial charge in [-0.1, -0.05) is 32.0 Å². The topological polar surface area (TPSA) is 29.3 Å². The Balaban J connectivity index is 2.31. The van der Waals surface area contributed by atoms with Crippen LogP contribution in [0.1, 0.15) is 39.2 Å². The van der Waals surface area contributed by atoms with Gasteiger partial charge in [-0.25, -0.2) is 0 Å². The molecule has 0 fully saturated rings. The Bertz CT molecular complexity index is 347. The Labute approximate surface area is 112 Å². The predicted octanol–water partition coefficient (Wildman–Crippen LogP) is 3.57. The van der Waals surface area contributed by atoms with Crippen LogP contribution in [0.4, 0.5) is 5.69 Å². The summed E-state index contributed by atoms with van der Waals surface area (Å²) in [6.07, 6.45) is 3.52. The van der Waals surface area contributed by atoms with E-state index in [0.717, 1.165) is 24.6 Å². The van der Waals surface area contributed by atoms with Crippen LogP contribution in [0.25, 0.3) is 0 Å². The molecule has 0 spiro atoms. The highest BCUT2D eigenvalue weighted by Gasteiger charge is 2.10. The van der Waals surface area contributed by atoms with Crippen LogP contribution in [0, 0.1) is 5.92 Å². The van der Waals surface area contributed by atoms with Gasteiger partial charge in [0.1, 0.15) is 0 Å². The average Bonchev–Trinajstić information content (AvgIpc) is 2.30. The zero-order chi connectivity index (χ0) is 13.5. The summed E-state index contributed by atoms with van der Waals surface area (Å²) in [6.45, 7) is 8.03. The first-order valence-corrected chi connectivity index (χ1v) is 7.04. The molecule has 2 N–H and O–H groups in total. The van der Waals surface area contributed by atoms with Crippen LogP contribution in [0.15, 0.2) is 24.3 Å². The number of hydrogen-bond acceptors (Lipinski definition) is 2. The normalized spacial score (nSPS) is 13.2. The number of hydrogen-bond donors (Lipinski definition) is 1. The van der Waals surface area contributed by atoms with Crippen molar-refractivity contribution in [3.63, 3.8) is 0 Å². The smallest absolute Gasteiger partial charge is 0.0346 e. The third-order valence-corrected chi connectivity index (χ3v) is 3.58. The first kappa shape index (κ1) is 15.0. The Hall–Kier alpha value is -1.02. The van der Waals surface area contributed by atoms with Gasteiger partial charge in [0.15, 0.2) is 0 Å². The Morgan fingerprint density at radius 2 is 1.83 bits per heavy atom. The number of aryl methyl sites for hydroxylation is 1. The summed E-state index contributed by atoms with van der Waals surface area (Å²) < 4.78 is 0. The summed E-state index contributed by atoms with van der Waals surface area (Å²) in [6, 6.07) is 8.85. The van der Waals surface area contributed by atoms with E-state index < -0.39 is 0 Å². The second-order valence-electron chi connectivity index (χ2n) is 5.76. The van der Waals surface area contributed by atoms with Crippen molar-refractivity contribution < 1.29 is 0 Å². The molecule has 0 aliphatic heterocycles. The quantitative estimate of drug-likeness (QED) is 0.747. The predicted molar refractivity (Wildman–Crippen MR) is 80.7 cm³/mol. The zero-order valence-electron chi connectivity index (χ0n) is 12.3. The molecular weight excluding hydrogens is 220 g/mol. The molecule has 0 bridgehead atoms. The van der Waals surface area contributed by atoms with Gasteiger partial charge in [0.25, 0.3) is 0 Å². The van der Waals surface area contributed by atoms with E-state index >= 15 is 0 Å². The molecular formula is C16H28N2. The fourth-order valence-corrected chi connectivity index (χ4v) is 2.36. The lowest BCUT2D eigenvalue weighted by molar-refractivity contribution is 0.226. The number of nitrogens with two attached hydrogens (primary N) is 1. The van der Waals surface area contributed by atoms with Crippen molar-refractivity contribution in [2.75, 3.05) is 19.3 Å². The van der Waals surface area contributed by atoms with Crippen LogP contribution in [0.2, 0.25) is 0 Å². The van der Waals surface area contributed by atoms with Gasteiger partial charge in [0.05, 0.1) is 0 Å². The molecule has 2 heteroatoms.